The van der Waals surface area contributed by atoms with Gasteiger partial charge in [0.2, 0.25) is 0 Å². The smallest absolute Gasteiger partial charge is 0.306 e. The normalized spacial score (nSPS) is 16.1. The van der Waals surface area contributed by atoms with Crippen molar-refractivity contribution in [1.82, 2.24) is 0 Å². The Labute approximate surface area is 303 Å². The summed E-state index contributed by atoms with van der Waals surface area (Å²) in [6, 6.07) is 0. The number of carbonyl (C=O) groups excluding carboxylic acids is 3. The van der Waals surface area contributed by atoms with Crippen LogP contribution in [0, 0.1) is 39.5 Å². The predicted octanol–water partition coefficient (Wildman–Crippen LogP) is 8.21. The molecule has 0 saturated heterocycles. The molecule has 0 radical (unpaired) electrons. The van der Waals surface area contributed by atoms with Gasteiger partial charge in [-0.1, -0.05) is 61.5 Å². The molecule has 0 saturated carbocycles. The van der Waals surface area contributed by atoms with Crippen molar-refractivity contribution < 1.29 is 37.4 Å². The highest BCUT2D eigenvalue weighted by molar-refractivity contribution is 5.70. The lowest BCUT2D eigenvalue weighted by molar-refractivity contribution is -0.160. The van der Waals surface area contributed by atoms with E-state index in [2.05, 4.69) is 0 Å². The van der Waals surface area contributed by atoms with E-state index in [9.17, 15) is 24.0 Å². The largest absolute Gasteiger partial charge is 0.465 e. The molecule has 0 aromatic carbocycles. The van der Waals surface area contributed by atoms with Crippen LogP contribution in [0.3, 0.4) is 0 Å². The van der Waals surface area contributed by atoms with Gasteiger partial charge in [0, 0.05) is 60.8 Å². The first-order valence-electron chi connectivity index (χ1n) is 18.2. The van der Waals surface area contributed by atoms with Crippen LogP contribution < -0.4 is 10.9 Å². The van der Waals surface area contributed by atoms with Crippen LogP contribution in [0.1, 0.15) is 152 Å². The standard InChI is InChI=1S/C41H60O10/c1-16-32-23(7)35(45)25(9)37(49-32)21(5)19-22(6)38(48-31(15)43)28(12)41(50-34(44)18-20(3)4)29(13)40-27(11)36(46)26(10)39(51-40)24(8)33(17-2)47-30(14)42/h19-21,24,28-29,33,38,41H,16-18H2,1-15H3/b22-19+/t21-,24+,28+,29+,33+,38+,41-/m1/s1. The molecule has 0 fully saturated rings. The Kier molecular flexibility index (Phi) is 15.7. The number of aryl methyl sites for hydroxylation is 1. The van der Waals surface area contributed by atoms with E-state index in [1.807, 2.05) is 68.4 Å². The summed E-state index contributed by atoms with van der Waals surface area (Å²) in [5.41, 5.74) is 2.28. The van der Waals surface area contributed by atoms with Crippen LogP contribution in [-0.2, 0) is 35.0 Å². The lowest BCUT2D eigenvalue weighted by Gasteiger charge is -2.35. The fourth-order valence-electron chi connectivity index (χ4n) is 7.02. The number of ether oxygens (including phenoxy) is 3. The lowest BCUT2D eigenvalue weighted by atomic mass is 9.82. The molecule has 0 aliphatic rings. The maximum atomic E-state index is 13.7. The maximum absolute atomic E-state index is 13.7. The molecule has 10 heteroatoms. The number of esters is 3. The van der Waals surface area contributed by atoms with Crippen molar-refractivity contribution in [3.05, 3.63) is 77.4 Å². The van der Waals surface area contributed by atoms with Crippen molar-refractivity contribution in [1.29, 1.82) is 0 Å². The van der Waals surface area contributed by atoms with Gasteiger partial charge in [-0.3, -0.25) is 24.0 Å². The maximum Gasteiger partial charge on any atom is 0.306 e. The molecule has 0 amide bonds. The fourth-order valence-corrected chi connectivity index (χ4v) is 7.02. The highest BCUT2D eigenvalue weighted by atomic mass is 16.6. The van der Waals surface area contributed by atoms with Gasteiger partial charge >= 0.3 is 17.9 Å². The second kappa shape index (κ2) is 18.5. The zero-order valence-electron chi connectivity index (χ0n) is 33.4. The van der Waals surface area contributed by atoms with Crippen molar-refractivity contribution in [3.63, 3.8) is 0 Å². The molecule has 10 nitrogen and oxygen atoms in total. The Balaban J connectivity index is 2.76. The average molecular weight is 713 g/mol. The van der Waals surface area contributed by atoms with Gasteiger partial charge in [0.05, 0.1) is 11.8 Å². The van der Waals surface area contributed by atoms with E-state index >= 15 is 0 Å². The van der Waals surface area contributed by atoms with Crippen LogP contribution >= 0.6 is 0 Å². The third kappa shape index (κ3) is 10.5. The fraction of sp³-hybridized carbons (Fsp3) is 0.634. The molecule has 2 aromatic rings. The van der Waals surface area contributed by atoms with Gasteiger partial charge in [0.15, 0.2) is 10.9 Å². The molecule has 2 heterocycles. The van der Waals surface area contributed by atoms with Crippen LogP contribution in [0.15, 0.2) is 30.1 Å². The number of carbonyl (C=O) groups is 3. The average Bonchev–Trinajstić information content (AvgIpc) is 3.05. The van der Waals surface area contributed by atoms with E-state index in [4.69, 9.17) is 23.0 Å². The van der Waals surface area contributed by atoms with Crippen LogP contribution in [-0.4, -0.2) is 36.2 Å². The Morgan fingerprint density at radius 1 is 0.686 bits per heavy atom. The molecule has 2 aromatic heterocycles. The highest BCUT2D eigenvalue weighted by Gasteiger charge is 2.39. The Hall–Kier alpha value is -3.95. The Bertz CT molecular complexity index is 1710. The molecule has 51 heavy (non-hydrogen) atoms. The molecule has 0 N–H and O–H groups in total. The van der Waals surface area contributed by atoms with Gasteiger partial charge in [0.25, 0.3) is 0 Å². The quantitative estimate of drug-likeness (QED) is 0.0950. The summed E-state index contributed by atoms with van der Waals surface area (Å²) < 4.78 is 30.5. The zero-order chi connectivity index (χ0) is 39.1. The first-order valence-corrected chi connectivity index (χ1v) is 18.2. The Morgan fingerprint density at radius 3 is 1.69 bits per heavy atom. The minimum absolute atomic E-state index is 0.0228. The van der Waals surface area contributed by atoms with Gasteiger partial charge in [-0.05, 0) is 52.5 Å². The minimum Gasteiger partial charge on any atom is -0.465 e. The minimum atomic E-state index is -0.895. The van der Waals surface area contributed by atoms with Gasteiger partial charge < -0.3 is 23.0 Å². The predicted molar refractivity (Wildman–Crippen MR) is 197 cm³/mol. The number of allylic oxidation sites excluding steroid dienone is 1. The van der Waals surface area contributed by atoms with Crippen molar-refractivity contribution in [2.24, 2.45) is 11.8 Å². The molecule has 284 valence electrons. The van der Waals surface area contributed by atoms with Gasteiger partial charge in [-0.15, -0.1) is 0 Å². The second-order valence-electron chi connectivity index (χ2n) is 14.5. The van der Waals surface area contributed by atoms with Crippen molar-refractivity contribution in [3.8, 4) is 0 Å². The summed E-state index contributed by atoms with van der Waals surface area (Å²) in [5.74, 6) is -1.54. The van der Waals surface area contributed by atoms with Gasteiger partial charge in [0.1, 0.15) is 41.4 Å². The van der Waals surface area contributed by atoms with Crippen LogP contribution in [0.4, 0.5) is 0 Å². The lowest BCUT2D eigenvalue weighted by Crippen LogP contribution is -2.40. The first kappa shape index (κ1) is 43.2. The number of hydrogen-bond donors (Lipinski definition) is 0. The summed E-state index contributed by atoms with van der Waals surface area (Å²) in [7, 11) is 0. The number of rotatable bonds is 16. The molecule has 0 aliphatic heterocycles. The van der Waals surface area contributed by atoms with E-state index in [1.165, 1.54) is 13.8 Å². The Morgan fingerprint density at radius 2 is 1.20 bits per heavy atom. The van der Waals surface area contributed by atoms with E-state index in [0.717, 1.165) is 0 Å². The van der Waals surface area contributed by atoms with E-state index in [1.54, 1.807) is 27.7 Å². The summed E-state index contributed by atoms with van der Waals surface area (Å²) in [6.07, 6.45) is 0.867. The molecule has 0 unspecified atom stereocenters. The van der Waals surface area contributed by atoms with Crippen molar-refractivity contribution in [2.75, 3.05) is 0 Å². The topological polar surface area (TPSA) is 139 Å². The van der Waals surface area contributed by atoms with Crippen LogP contribution in [0.2, 0.25) is 0 Å². The van der Waals surface area contributed by atoms with Crippen molar-refractivity contribution in [2.45, 2.75) is 159 Å². The zero-order valence-corrected chi connectivity index (χ0v) is 33.4. The molecule has 0 aliphatic carbocycles. The molecular weight excluding hydrogens is 652 g/mol. The number of hydrogen-bond acceptors (Lipinski definition) is 10. The molecule has 0 spiro atoms. The highest BCUT2D eigenvalue weighted by Crippen LogP contribution is 2.37. The van der Waals surface area contributed by atoms with Gasteiger partial charge in [-0.25, -0.2) is 0 Å². The molecule has 2 rings (SSSR count). The summed E-state index contributed by atoms with van der Waals surface area (Å²) in [6.45, 7) is 26.4. The summed E-state index contributed by atoms with van der Waals surface area (Å²) >= 11 is 0. The van der Waals surface area contributed by atoms with E-state index < -0.39 is 54.0 Å². The van der Waals surface area contributed by atoms with Gasteiger partial charge in [-0.2, -0.15) is 0 Å². The first-order chi connectivity index (χ1) is 23.7. The molecule has 7 atom stereocenters. The van der Waals surface area contributed by atoms with Crippen LogP contribution in [0.5, 0.6) is 0 Å². The van der Waals surface area contributed by atoms with E-state index in [-0.39, 0.29) is 29.1 Å². The third-order valence-electron chi connectivity index (χ3n) is 9.77. The monoisotopic (exact) mass is 712 g/mol. The molecule has 0 bridgehead atoms. The van der Waals surface area contributed by atoms with Crippen LogP contribution in [0.25, 0.3) is 0 Å². The second-order valence-corrected chi connectivity index (χ2v) is 14.5. The SMILES string of the molecule is CCc1oc([C@H](C)/C=C(\C)[C@H](OC(C)=O)[C@H](C)[C@@H](OC(=O)CC(C)C)[C@@H](C)c2oc([C@@H](C)[C@H](CC)OC(C)=O)c(C)c(=O)c2C)c(C)c(=O)c1C. The van der Waals surface area contributed by atoms with E-state index in [0.29, 0.717) is 63.7 Å². The third-order valence-corrected chi connectivity index (χ3v) is 9.77. The molecular formula is C41H60O10. The summed E-state index contributed by atoms with van der Waals surface area (Å²) in [4.78, 5) is 64.5. The summed E-state index contributed by atoms with van der Waals surface area (Å²) in [5, 5.41) is 0. The van der Waals surface area contributed by atoms with Crippen molar-refractivity contribution >= 4 is 17.9 Å².